The van der Waals surface area contributed by atoms with Crippen molar-refractivity contribution in [3.05, 3.63) is 24.4 Å². The van der Waals surface area contributed by atoms with E-state index in [-0.39, 0.29) is 5.41 Å². The number of hydrogen-bond acceptors (Lipinski definition) is 2. The summed E-state index contributed by atoms with van der Waals surface area (Å²) in [6, 6.07) is 0. The fraction of sp³-hybridized carbons (Fsp3) is 0.600. The summed E-state index contributed by atoms with van der Waals surface area (Å²) in [5, 5.41) is 7.67. The van der Waals surface area contributed by atoms with Gasteiger partial charge in [-0.25, -0.2) is 0 Å². The molecule has 1 aliphatic rings. The first-order valence-corrected chi connectivity index (χ1v) is 4.43. The van der Waals surface area contributed by atoms with Gasteiger partial charge in [-0.1, -0.05) is 45.9 Å². The van der Waals surface area contributed by atoms with Crippen molar-refractivity contribution >= 4 is 0 Å². The molecular formula is C10H18N2. The van der Waals surface area contributed by atoms with Gasteiger partial charge in [0.25, 0.3) is 0 Å². The molecule has 0 bridgehead atoms. The third kappa shape index (κ3) is 4.83. The van der Waals surface area contributed by atoms with Gasteiger partial charge >= 0.3 is 0 Å². The van der Waals surface area contributed by atoms with Gasteiger partial charge in [0.15, 0.2) is 0 Å². The summed E-state index contributed by atoms with van der Waals surface area (Å²) in [5.74, 6) is 0. The molecule has 12 heavy (non-hydrogen) atoms. The van der Waals surface area contributed by atoms with Crippen molar-refractivity contribution in [3.63, 3.8) is 0 Å². The number of azo groups is 1. The molecule has 0 unspecified atom stereocenters. The molecule has 0 radical (unpaired) electrons. The van der Waals surface area contributed by atoms with Gasteiger partial charge in [-0.05, 0) is 0 Å². The van der Waals surface area contributed by atoms with E-state index in [0.29, 0.717) is 6.54 Å². The van der Waals surface area contributed by atoms with Crippen molar-refractivity contribution in [1.82, 2.24) is 0 Å². The van der Waals surface area contributed by atoms with Gasteiger partial charge in [0.05, 0.1) is 6.54 Å². The zero-order chi connectivity index (χ0) is 9.45. The Labute approximate surface area is 75.1 Å². The Bertz CT molecular complexity index is 188. The van der Waals surface area contributed by atoms with Crippen LogP contribution >= 0.6 is 0 Å². The van der Waals surface area contributed by atoms with Gasteiger partial charge in [-0.2, -0.15) is 10.2 Å². The molecule has 0 aromatic carbocycles. The van der Waals surface area contributed by atoms with Crippen molar-refractivity contribution in [2.45, 2.75) is 27.7 Å². The van der Waals surface area contributed by atoms with Crippen LogP contribution in [0.3, 0.4) is 0 Å². The summed E-state index contributed by atoms with van der Waals surface area (Å²) in [5.41, 5.74) is 0.138. The van der Waals surface area contributed by atoms with Crippen LogP contribution in [0.1, 0.15) is 27.7 Å². The van der Waals surface area contributed by atoms with E-state index in [4.69, 9.17) is 0 Å². The third-order valence-electron chi connectivity index (χ3n) is 1.39. The maximum Gasteiger partial charge on any atom is 0.0784 e. The second-order valence-corrected chi connectivity index (χ2v) is 2.98. The van der Waals surface area contributed by atoms with E-state index in [9.17, 15) is 0 Å². The highest BCUT2D eigenvalue weighted by Crippen LogP contribution is 2.19. The number of rotatable bonds is 0. The summed E-state index contributed by atoms with van der Waals surface area (Å²) in [6.07, 6.45) is 7.96. The topological polar surface area (TPSA) is 24.7 Å². The molecule has 0 fully saturated rings. The summed E-state index contributed by atoms with van der Waals surface area (Å²) in [6.45, 7) is 8.98. The fourth-order valence-electron chi connectivity index (χ4n) is 0.779. The van der Waals surface area contributed by atoms with E-state index in [1.807, 2.05) is 26.0 Å². The van der Waals surface area contributed by atoms with Crippen LogP contribution in [-0.2, 0) is 0 Å². The highest BCUT2D eigenvalue weighted by atomic mass is 15.1. The quantitative estimate of drug-likeness (QED) is 0.491. The fourth-order valence-corrected chi connectivity index (χ4v) is 0.779. The van der Waals surface area contributed by atoms with Crippen molar-refractivity contribution in [2.75, 3.05) is 6.54 Å². The van der Waals surface area contributed by atoms with Crippen LogP contribution < -0.4 is 0 Å². The van der Waals surface area contributed by atoms with Crippen LogP contribution in [0.5, 0.6) is 0 Å². The Morgan fingerprint density at radius 3 is 2.50 bits per heavy atom. The Morgan fingerprint density at radius 1 is 1.17 bits per heavy atom. The van der Waals surface area contributed by atoms with E-state index < -0.39 is 0 Å². The summed E-state index contributed by atoms with van der Waals surface area (Å²) in [4.78, 5) is 0. The first-order valence-electron chi connectivity index (χ1n) is 4.43. The van der Waals surface area contributed by atoms with Gasteiger partial charge in [0, 0.05) is 11.6 Å². The minimum absolute atomic E-state index is 0.138. The van der Waals surface area contributed by atoms with E-state index in [2.05, 4.69) is 30.2 Å². The van der Waals surface area contributed by atoms with Gasteiger partial charge in [0.1, 0.15) is 0 Å². The molecule has 1 heterocycles. The normalized spacial score (nSPS) is 21.7. The zero-order valence-electron chi connectivity index (χ0n) is 8.41. The van der Waals surface area contributed by atoms with Crippen LogP contribution in [0.15, 0.2) is 34.7 Å². The molecular weight excluding hydrogens is 148 g/mol. The molecule has 0 saturated heterocycles. The molecule has 0 amide bonds. The molecule has 68 valence electrons. The predicted molar refractivity (Wildman–Crippen MR) is 53.1 cm³/mol. The Kier molecular flexibility index (Phi) is 5.26. The minimum Gasteiger partial charge on any atom is -0.185 e. The SMILES string of the molecule is CC.CC1(C)C=CCN=N/C=C\1. The molecule has 2 heteroatoms. The van der Waals surface area contributed by atoms with Crippen LogP contribution in [0.2, 0.25) is 0 Å². The van der Waals surface area contributed by atoms with Crippen molar-refractivity contribution < 1.29 is 0 Å². The highest BCUT2D eigenvalue weighted by molar-refractivity contribution is 5.08. The van der Waals surface area contributed by atoms with Crippen molar-refractivity contribution in [1.29, 1.82) is 0 Å². The highest BCUT2D eigenvalue weighted by Gasteiger charge is 2.07. The number of allylic oxidation sites excluding steroid dienone is 2. The van der Waals surface area contributed by atoms with E-state index >= 15 is 0 Å². The maximum atomic E-state index is 3.85. The van der Waals surface area contributed by atoms with Crippen molar-refractivity contribution in [3.8, 4) is 0 Å². The smallest absolute Gasteiger partial charge is 0.0784 e. The second kappa shape index (κ2) is 5.70. The first kappa shape index (κ1) is 11.1. The molecule has 1 aliphatic heterocycles. The van der Waals surface area contributed by atoms with Crippen LogP contribution in [-0.4, -0.2) is 6.54 Å². The van der Waals surface area contributed by atoms with Gasteiger partial charge in [-0.3, -0.25) is 0 Å². The molecule has 0 atom stereocenters. The average Bonchev–Trinajstić information content (AvgIpc) is 2.03. The molecule has 0 spiro atoms. The molecule has 0 saturated carbocycles. The second-order valence-electron chi connectivity index (χ2n) is 2.98. The number of hydrogen-bond donors (Lipinski definition) is 0. The molecule has 0 aromatic heterocycles. The van der Waals surface area contributed by atoms with Crippen LogP contribution in [0.25, 0.3) is 0 Å². The van der Waals surface area contributed by atoms with Gasteiger partial charge in [-0.15, -0.1) is 0 Å². The number of nitrogens with zero attached hydrogens (tertiary/aromatic N) is 2. The lowest BCUT2D eigenvalue weighted by atomic mass is 9.93. The average molecular weight is 166 g/mol. The molecule has 0 aliphatic carbocycles. The van der Waals surface area contributed by atoms with E-state index in [0.717, 1.165) is 0 Å². The van der Waals surface area contributed by atoms with Crippen LogP contribution in [0.4, 0.5) is 0 Å². The molecule has 0 aromatic rings. The summed E-state index contributed by atoms with van der Waals surface area (Å²) >= 11 is 0. The molecule has 0 N–H and O–H groups in total. The first-order chi connectivity index (χ1) is 5.71. The lowest BCUT2D eigenvalue weighted by Gasteiger charge is -2.13. The zero-order valence-corrected chi connectivity index (χ0v) is 8.41. The Hall–Kier alpha value is -0.920. The summed E-state index contributed by atoms with van der Waals surface area (Å²) < 4.78 is 0. The molecule has 1 rings (SSSR count). The van der Waals surface area contributed by atoms with E-state index in [1.165, 1.54) is 0 Å². The lowest BCUT2D eigenvalue weighted by molar-refractivity contribution is 0.619. The lowest BCUT2D eigenvalue weighted by Crippen LogP contribution is -2.02. The Balaban J connectivity index is 0.000000561. The predicted octanol–water partition coefficient (Wildman–Crippen LogP) is 3.57. The van der Waals surface area contributed by atoms with Crippen molar-refractivity contribution in [2.24, 2.45) is 15.6 Å². The van der Waals surface area contributed by atoms with Crippen LogP contribution in [0, 0.1) is 5.41 Å². The third-order valence-corrected chi connectivity index (χ3v) is 1.39. The summed E-state index contributed by atoms with van der Waals surface area (Å²) in [7, 11) is 0. The van der Waals surface area contributed by atoms with E-state index in [1.54, 1.807) is 6.20 Å². The van der Waals surface area contributed by atoms with Gasteiger partial charge in [0.2, 0.25) is 0 Å². The standard InChI is InChI=1S/C8H12N2.C2H6/c1-8(2)4-3-6-9-10-7-5-8;1-2/h3-5,7H,6H2,1-2H3;1-2H3/b4-3?,7-5-,10-9?;. The Morgan fingerprint density at radius 2 is 1.83 bits per heavy atom. The van der Waals surface area contributed by atoms with Gasteiger partial charge < -0.3 is 0 Å². The largest absolute Gasteiger partial charge is 0.185 e. The minimum atomic E-state index is 0.138. The molecule has 2 nitrogen and oxygen atoms in total. The maximum absolute atomic E-state index is 3.85. The monoisotopic (exact) mass is 166 g/mol.